The fourth-order valence-electron chi connectivity index (χ4n) is 1.90. The summed E-state index contributed by atoms with van der Waals surface area (Å²) in [4.78, 5) is 14.8. The molecule has 0 saturated carbocycles. The Kier molecular flexibility index (Phi) is 3.10. The highest BCUT2D eigenvalue weighted by atomic mass is 32.2. The standard InChI is InChI=1S/C12H15NO2S/c1-3-4-12(15)13-8(2)16-11-7-9(14)5-6-10(11)13/h5-8,14H,3-4H2,1-2H3. The summed E-state index contributed by atoms with van der Waals surface area (Å²) in [6, 6.07) is 5.16. The van der Waals surface area contributed by atoms with Crippen LogP contribution in [0.5, 0.6) is 5.75 Å². The van der Waals surface area contributed by atoms with Gasteiger partial charge < -0.3 is 5.11 Å². The molecule has 1 heterocycles. The van der Waals surface area contributed by atoms with E-state index in [0.717, 1.165) is 17.0 Å². The maximum absolute atomic E-state index is 12.0. The van der Waals surface area contributed by atoms with Crippen molar-refractivity contribution in [3.63, 3.8) is 0 Å². The molecule has 1 aromatic rings. The Labute approximate surface area is 99.5 Å². The van der Waals surface area contributed by atoms with Gasteiger partial charge in [-0.1, -0.05) is 18.7 Å². The third-order valence-electron chi connectivity index (χ3n) is 2.60. The van der Waals surface area contributed by atoms with Gasteiger partial charge in [0.2, 0.25) is 5.91 Å². The fraction of sp³-hybridized carbons (Fsp3) is 0.417. The summed E-state index contributed by atoms with van der Waals surface area (Å²) < 4.78 is 0. The number of carbonyl (C=O) groups excluding carboxylic acids is 1. The van der Waals surface area contributed by atoms with Crippen molar-refractivity contribution in [2.45, 2.75) is 37.0 Å². The minimum Gasteiger partial charge on any atom is -0.508 e. The molecular weight excluding hydrogens is 222 g/mol. The maximum Gasteiger partial charge on any atom is 0.227 e. The van der Waals surface area contributed by atoms with Crippen LogP contribution in [0.1, 0.15) is 26.7 Å². The van der Waals surface area contributed by atoms with Gasteiger partial charge in [0.1, 0.15) is 5.75 Å². The lowest BCUT2D eigenvalue weighted by Crippen LogP contribution is -2.33. The molecule has 1 aliphatic rings. The monoisotopic (exact) mass is 237 g/mol. The molecule has 1 atom stereocenters. The number of phenolic OH excluding ortho intramolecular Hbond substituents is 1. The number of hydrogen-bond donors (Lipinski definition) is 1. The molecule has 0 fully saturated rings. The van der Waals surface area contributed by atoms with Gasteiger partial charge in [0.25, 0.3) is 0 Å². The molecule has 0 bridgehead atoms. The zero-order chi connectivity index (χ0) is 11.7. The molecule has 0 aliphatic carbocycles. The zero-order valence-corrected chi connectivity index (χ0v) is 10.3. The van der Waals surface area contributed by atoms with E-state index in [1.165, 1.54) is 0 Å². The van der Waals surface area contributed by atoms with Gasteiger partial charge in [0.15, 0.2) is 0 Å². The van der Waals surface area contributed by atoms with Crippen LogP contribution in [0.15, 0.2) is 23.1 Å². The van der Waals surface area contributed by atoms with Gasteiger partial charge in [-0.3, -0.25) is 9.69 Å². The fourth-order valence-corrected chi connectivity index (χ4v) is 3.08. The number of thioether (sulfide) groups is 1. The van der Waals surface area contributed by atoms with Gasteiger partial charge in [-0.2, -0.15) is 0 Å². The SMILES string of the molecule is CCCC(=O)N1c2ccc(O)cc2SC1C. The van der Waals surface area contributed by atoms with Gasteiger partial charge in [-0.15, -0.1) is 0 Å². The van der Waals surface area contributed by atoms with E-state index in [1.807, 2.05) is 24.8 Å². The van der Waals surface area contributed by atoms with Crippen LogP contribution in [0.2, 0.25) is 0 Å². The summed E-state index contributed by atoms with van der Waals surface area (Å²) in [6.45, 7) is 4.01. The van der Waals surface area contributed by atoms with E-state index in [4.69, 9.17) is 0 Å². The molecule has 1 N–H and O–H groups in total. The largest absolute Gasteiger partial charge is 0.508 e. The van der Waals surface area contributed by atoms with Crippen LogP contribution in [0.4, 0.5) is 5.69 Å². The van der Waals surface area contributed by atoms with Crippen molar-refractivity contribution >= 4 is 23.4 Å². The number of rotatable bonds is 2. The summed E-state index contributed by atoms with van der Waals surface area (Å²) in [5.41, 5.74) is 0.925. The Bertz CT molecular complexity index is 419. The Morgan fingerprint density at radius 1 is 1.56 bits per heavy atom. The number of nitrogens with zero attached hydrogens (tertiary/aromatic N) is 1. The average molecular weight is 237 g/mol. The van der Waals surface area contributed by atoms with Crippen LogP contribution in [0.3, 0.4) is 0 Å². The molecule has 1 aliphatic heterocycles. The molecular formula is C12H15NO2S. The van der Waals surface area contributed by atoms with Crippen LogP contribution in [0, 0.1) is 0 Å². The highest BCUT2D eigenvalue weighted by Crippen LogP contribution is 2.44. The summed E-state index contributed by atoms with van der Waals surface area (Å²) in [6.07, 6.45) is 1.44. The van der Waals surface area contributed by atoms with E-state index in [2.05, 4.69) is 0 Å². The summed E-state index contributed by atoms with van der Waals surface area (Å²) in [5.74, 6) is 0.412. The molecule has 86 valence electrons. The highest BCUT2D eigenvalue weighted by molar-refractivity contribution is 8.00. The van der Waals surface area contributed by atoms with Gasteiger partial charge in [0.05, 0.1) is 11.1 Å². The third-order valence-corrected chi connectivity index (χ3v) is 3.73. The first-order valence-electron chi connectivity index (χ1n) is 5.45. The second kappa shape index (κ2) is 4.37. The van der Waals surface area contributed by atoms with Crippen molar-refractivity contribution in [1.82, 2.24) is 0 Å². The lowest BCUT2D eigenvalue weighted by Gasteiger charge is -2.21. The summed E-state index contributed by atoms with van der Waals surface area (Å²) in [5, 5.41) is 9.52. The first-order valence-corrected chi connectivity index (χ1v) is 6.33. The van der Waals surface area contributed by atoms with E-state index < -0.39 is 0 Å². The molecule has 2 rings (SSSR count). The second-order valence-corrected chi connectivity index (χ2v) is 5.24. The first-order chi connectivity index (χ1) is 7.63. The van der Waals surface area contributed by atoms with Crippen LogP contribution in [0.25, 0.3) is 0 Å². The number of carbonyl (C=O) groups is 1. The third kappa shape index (κ3) is 1.89. The van der Waals surface area contributed by atoms with E-state index in [1.54, 1.807) is 23.9 Å². The summed E-state index contributed by atoms with van der Waals surface area (Å²) >= 11 is 1.61. The number of hydrogen-bond acceptors (Lipinski definition) is 3. The molecule has 1 aromatic carbocycles. The van der Waals surface area contributed by atoms with E-state index in [9.17, 15) is 9.90 Å². The van der Waals surface area contributed by atoms with Crippen LogP contribution in [-0.2, 0) is 4.79 Å². The quantitative estimate of drug-likeness (QED) is 0.859. The van der Waals surface area contributed by atoms with E-state index in [0.29, 0.717) is 6.42 Å². The average Bonchev–Trinajstić information content (AvgIpc) is 2.53. The van der Waals surface area contributed by atoms with E-state index >= 15 is 0 Å². The Morgan fingerprint density at radius 2 is 2.31 bits per heavy atom. The number of phenols is 1. The molecule has 4 heteroatoms. The topological polar surface area (TPSA) is 40.5 Å². The molecule has 3 nitrogen and oxygen atoms in total. The second-order valence-electron chi connectivity index (χ2n) is 3.88. The van der Waals surface area contributed by atoms with Crippen molar-refractivity contribution in [2.24, 2.45) is 0 Å². The number of aromatic hydroxyl groups is 1. The van der Waals surface area contributed by atoms with Gasteiger partial charge in [0, 0.05) is 11.3 Å². The van der Waals surface area contributed by atoms with Crippen molar-refractivity contribution in [2.75, 3.05) is 4.90 Å². The minimum absolute atomic E-state index is 0.121. The van der Waals surface area contributed by atoms with Crippen molar-refractivity contribution in [3.05, 3.63) is 18.2 Å². The van der Waals surface area contributed by atoms with Crippen LogP contribution < -0.4 is 4.90 Å². The van der Waals surface area contributed by atoms with Gasteiger partial charge in [-0.25, -0.2) is 0 Å². The lowest BCUT2D eigenvalue weighted by atomic mass is 10.2. The number of anilines is 1. The predicted octanol–water partition coefficient (Wildman–Crippen LogP) is 2.98. The van der Waals surface area contributed by atoms with Crippen molar-refractivity contribution < 1.29 is 9.90 Å². The molecule has 0 saturated heterocycles. The molecule has 0 radical (unpaired) electrons. The van der Waals surface area contributed by atoms with Gasteiger partial charge in [-0.05, 0) is 31.5 Å². The molecule has 0 aromatic heterocycles. The molecule has 1 unspecified atom stereocenters. The smallest absolute Gasteiger partial charge is 0.227 e. The number of fused-ring (bicyclic) bond motifs is 1. The predicted molar refractivity (Wildman–Crippen MR) is 65.8 cm³/mol. The molecule has 1 amide bonds. The Morgan fingerprint density at radius 3 is 3.00 bits per heavy atom. The Hall–Kier alpha value is -1.16. The molecule has 16 heavy (non-hydrogen) atoms. The maximum atomic E-state index is 12.0. The number of benzene rings is 1. The first kappa shape index (κ1) is 11.3. The van der Waals surface area contributed by atoms with Crippen molar-refractivity contribution in [3.8, 4) is 5.75 Å². The molecule has 0 spiro atoms. The van der Waals surface area contributed by atoms with Gasteiger partial charge >= 0.3 is 0 Å². The zero-order valence-electron chi connectivity index (χ0n) is 9.43. The van der Waals surface area contributed by atoms with Crippen LogP contribution >= 0.6 is 11.8 Å². The van der Waals surface area contributed by atoms with E-state index in [-0.39, 0.29) is 17.0 Å². The number of amides is 1. The Balaban J connectivity index is 2.32. The summed E-state index contributed by atoms with van der Waals surface area (Å²) in [7, 11) is 0. The highest BCUT2D eigenvalue weighted by Gasteiger charge is 2.31. The minimum atomic E-state index is 0.121. The van der Waals surface area contributed by atoms with Crippen molar-refractivity contribution in [1.29, 1.82) is 0 Å². The van der Waals surface area contributed by atoms with Crippen LogP contribution in [-0.4, -0.2) is 16.4 Å². The lowest BCUT2D eigenvalue weighted by molar-refractivity contribution is -0.118. The normalized spacial score (nSPS) is 18.6.